The van der Waals surface area contributed by atoms with Gasteiger partial charge in [0.05, 0.1) is 19.4 Å². The van der Waals surface area contributed by atoms with Gasteiger partial charge in [-0.25, -0.2) is 0 Å². The maximum absolute atomic E-state index is 13.7. The van der Waals surface area contributed by atoms with Gasteiger partial charge in [-0.1, -0.05) is 72.8 Å². The third kappa shape index (κ3) is 4.97. The molecule has 1 fully saturated rings. The van der Waals surface area contributed by atoms with E-state index in [-0.39, 0.29) is 5.91 Å². The summed E-state index contributed by atoms with van der Waals surface area (Å²) in [6, 6.07) is 41.2. The molecule has 0 aliphatic carbocycles. The van der Waals surface area contributed by atoms with Crippen LogP contribution in [0, 0.1) is 0 Å². The number of carbonyl (C=O) groups excluding carboxylic acids is 1. The largest absolute Gasteiger partial charge is 0.378 e. The fourth-order valence-electron chi connectivity index (χ4n) is 4.68. The van der Waals surface area contributed by atoms with Gasteiger partial charge in [-0.15, -0.1) is 0 Å². The molecule has 0 aromatic heterocycles. The molecule has 1 saturated heterocycles. The number of rotatable bonds is 7. The minimum Gasteiger partial charge on any atom is -0.378 e. The number of amides is 1. The lowest BCUT2D eigenvalue weighted by Crippen LogP contribution is -2.40. The second kappa shape index (κ2) is 11.3. The van der Waals surface area contributed by atoms with E-state index in [1.807, 2.05) is 48.5 Å². The molecule has 4 aromatic rings. The maximum Gasteiger partial charge on any atom is 0.258 e. The fraction of sp³-hybridized carbons (Fsp3) is 0.129. The van der Waals surface area contributed by atoms with Gasteiger partial charge in [0.25, 0.3) is 5.91 Å². The van der Waals surface area contributed by atoms with Crippen molar-refractivity contribution in [3.05, 3.63) is 139 Å². The summed E-state index contributed by atoms with van der Waals surface area (Å²) in [6.07, 6.45) is 2.17. The molecule has 0 unspecified atom stereocenters. The molecule has 4 aromatic carbocycles. The van der Waals surface area contributed by atoms with Gasteiger partial charge in [0.1, 0.15) is 15.9 Å². The van der Waals surface area contributed by atoms with Crippen LogP contribution in [0.25, 0.3) is 0 Å². The van der Waals surface area contributed by atoms with E-state index in [9.17, 15) is 4.79 Å². The molecule has 180 valence electrons. The molecule has 5 rings (SSSR count). The Morgan fingerprint density at radius 1 is 0.667 bits per heavy atom. The molecule has 0 radical (unpaired) electrons. The van der Waals surface area contributed by atoms with E-state index in [0.717, 1.165) is 18.5 Å². The maximum atomic E-state index is 13.7. The smallest absolute Gasteiger partial charge is 0.258 e. The zero-order valence-electron chi connectivity index (χ0n) is 20.2. The summed E-state index contributed by atoms with van der Waals surface area (Å²) in [5.74, 6) is -0.109. The van der Waals surface area contributed by atoms with Crippen LogP contribution >= 0.6 is 7.26 Å². The van der Waals surface area contributed by atoms with Crippen molar-refractivity contribution in [3.63, 3.8) is 0 Å². The van der Waals surface area contributed by atoms with Crippen LogP contribution in [-0.4, -0.2) is 37.1 Å². The average Bonchev–Trinajstić information content (AvgIpc) is 2.96. The molecular formula is C31H30N2O2P+. The lowest BCUT2D eigenvalue weighted by atomic mass is 10.2. The number of morpholine rings is 1. The average molecular weight is 494 g/mol. The number of benzene rings is 4. The topological polar surface area (TPSA) is 41.6 Å². The summed E-state index contributed by atoms with van der Waals surface area (Å²) in [5.41, 5.74) is 1.56. The summed E-state index contributed by atoms with van der Waals surface area (Å²) >= 11 is 0. The van der Waals surface area contributed by atoms with E-state index < -0.39 is 7.26 Å². The monoisotopic (exact) mass is 493 g/mol. The summed E-state index contributed by atoms with van der Waals surface area (Å²) in [5, 5.41) is 6.98. The van der Waals surface area contributed by atoms with Crippen LogP contribution in [0.3, 0.4) is 0 Å². The number of hydrogen-bond acceptors (Lipinski definition) is 3. The molecule has 5 heteroatoms. The highest BCUT2D eigenvalue weighted by molar-refractivity contribution is 7.99. The molecule has 1 N–H and O–H groups in total. The Balaban J connectivity index is 1.77. The van der Waals surface area contributed by atoms with Gasteiger partial charge in [-0.05, 0) is 48.5 Å². The molecule has 0 atom stereocenters. The lowest BCUT2D eigenvalue weighted by Gasteiger charge is -2.32. The summed E-state index contributed by atoms with van der Waals surface area (Å²) < 4.78 is 5.62. The Bertz CT molecular complexity index is 1190. The third-order valence-corrected chi connectivity index (χ3v) is 10.6. The Morgan fingerprint density at radius 3 is 1.53 bits per heavy atom. The Labute approximate surface area is 213 Å². The van der Waals surface area contributed by atoms with Crippen LogP contribution in [0.4, 0.5) is 0 Å². The van der Waals surface area contributed by atoms with Crippen LogP contribution < -0.4 is 21.2 Å². The summed E-state index contributed by atoms with van der Waals surface area (Å²) in [7, 11) is -2.46. The highest BCUT2D eigenvalue weighted by atomic mass is 31.2. The minimum atomic E-state index is -2.46. The number of nitrogens with one attached hydrogen (secondary N) is 1. The quantitative estimate of drug-likeness (QED) is 0.385. The van der Waals surface area contributed by atoms with Crippen LogP contribution in [0.1, 0.15) is 10.4 Å². The molecule has 4 nitrogen and oxygen atoms in total. The first-order chi connectivity index (χ1) is 17.8. The first-order valence-corrected chi connectivity index (χ1v) is 14.0. The Kier molecular flexibility index (Phi) is 7.56. The molecular weight excluding hydrogens is 463 g/mol. The first kappa shape index (κ1) is 24.0. The third-order valence-electron chi connectivity index (χ3n) is 6.42. The van der Waals surface area contributed by atoms with E-state index in [2.05, 4.69) is 89.2 Å². The Morgan fingerprint density at radius 2 is 1.08 bits per heavy atom. The van der Waals surface area contributed by atoms with E-state index in [1.165, 1.54) is 15.9 Å². The van der Waals surface area contributed by atoms with Crippen molar-refractivity contribution in [2.45, 2.75) is 0 Å². The van der Waals surface area contributed by atoms with Crippen molar-refractivity contribution in [3.8, 4) is 0 Å². The van der Waals surface area contributed by atoms with Gasteiger partial charge in [0, 0.05) is 18.7 Å². The van der Waals surface area contributed by atoms with Gasteiger partial charge in [0.2, 0.25) is 0 Å². The molecule has 1 aliphatic heterocycles. The van der Waals surface area contributed by atoms with Crippen molar-refractivity contribution in [1.82, 2.24) is 10.2 Å². The van der Waals surface area contributed by atoms with Crippen molar-refractivity contribution in [1.29, 1.82) is 0 Å². The molecule has 0 saturated carbocycles. The van der Waals surface area contributed by atoms with Crippen LogP contribution in [-0.2, 0) is 4.74 Å². The van der Waals surface area contributed by atoms with Gasteiger partial charge >= 0.3 is 0 Å². The highest BCUT2D eigenvalue weighted by Gasteiger charge is 2.51. The lowest BCUT2D eigenvalue weighted by molar-refractivity contribution is 0.0590. The van der Waals surface area contributed by atoms with Gasteiger partial charge in [-0.3, -0.25) is 10.1 Å². The predicted octanol–water partition coefficient (Wildman–Crippen LogP) is 4.54. The SMILES string of the molecule is O=C(N/C(=C/N1CCOCC1)[P+](c1ccccc1)(c1ccccc1)c1ccccc1)c1ccccc1. The van der Waals surface area contributed by atoms with E-state index in [1.54, 1.807) is 0 Å². The first-order valence-electron chi connectivity index (χ1n) is 12.2. The summed E-state index contributed by atoms with van der Waals surface area (Å²) in [6.45, 7) is 2.90. The van der Waals surface area contributed by atoms with Gasteiger partial charge in [-0.2, -0.15) is 0 Å². The number of nitrogens with zero attached hydrogens (tertiary/aromatic N) is 1. The molecule has 1 amide bonds. The molecule has 1 heterocycles. The zero-order chi connectivity index (χ0) is 24.6. The van der Waals surface area contributed by atoms with Crippen molar-refractivity contribution in [2.75, 3.05) is 26.3 Å². The Hall–Kier alpha value is -3.72. The van der Waals surface area contributed by atoms with Crippen LogP contribution in [0.2, 0.25) is 0 Å². The molecule has 0 bridgehead atoms. The second-order valence-electron chi connectivity index (χ2n) is 8.66. The fourth-order valence-corrected chi connectivity index (χ4v) is 8.87. The standard InChI is InChI=1S/C31H29N2O2P/c34-31(26-13-5-1-6-14-26)32-30(25-33-21-23-35-24-22-33)36(27-15-7-2-8-16-27,28-17-9-3-10-18-28)29-19-11-4-12-20-29/h1-20,25H,21-24H2/p+1/b30-25-. The van der Waals surface area contributed by atoms with Crippen molar-refractivity contribution >= 4 is 29.1 Å². The number of ether oxygens (including phenoxy) is 1. The van der Waals surface area contributed by atoms with E-state index in [0.29, 0.717) is 18.8 Å². The predicted molar refractivity (Wildman–Crippen MR) is 150 cm³/mol. The van der Waals surface area contributed by atoms with E-state index >= 15 is 0 Å². The second-order valence-corrected chi connectivity index (χ2v) is 12.0. The molecule has 1 aliphatic rings. The van der Waals surface area contributed by atoms with Crippen LogP contribution in [0.15, 0.2) is 133 Å². The number of carbonyl (C=O) groups is 1. The summed E-state index contributed by atoms with van der Waals surface area (Å²) in [4.78, 5) is 15.9. The van der Waals surface area contributed by atoms with Crippen molar-refractivity contribution in [2.24, 2.45) is 0 Å². The molecule has 0 spiro atoms. The van der Waals surface area contributed by atoms with Gasteiger partial charge in [0.15, 0.2) is 12.7 Å². The van der Waals surface area contributed by atoms with Gasteiger partial charge < -0.3 is 9.64 Å². The minimum absolute atomic E-state index is 0.109. The normalized spacial score (nSPS) is 14.3. The van der Waals surface area contributed by atoms with Crippen molar-refractivity contribution < 1.29 is 9.53 Å². The highest BCUT2D eigenvalue weighted by Crippen LogP contribution is 2.61. The van der Waals surface area contributed by atoms with E-state index in [4.69, 9.17) is 4.74 Å². The van der Waals surface area contributed by atoms with Crippen LogP contribution in [0.5, 0.6) is 0 Å². The molecule has 36 heavy (non-hydrogen) atoms. The zero-order valence-corrected chi connectivity index (χ0v) is 21.1. The number of hydrogen-bond donors (Lipinski definition) is 1.